The van der Waals surface area contributed by atoms with Crippen molar-refractivity contribution in [2.24, 2.45) is 0 Å². The summed E-state index contributed by atoms with van der Waals surface area (Å²) < 4.78 is 104. The Labute approximate surface area is 183 Å². The summed E-state index contributed by atoms with van der Waals surface area (Å²) in [5, 5.41) is -5.63. The molecule has 3 aromatic rings. The summed E-state index contributed by atoms with van der Waals surface area (Å²) >= 11 is 0. The van der Waals surface area contributed by atoms with Crippen LogP contribution in [0.15, 0.2) is 99.6 Å². The molecule has 0 bridgehead atoms. The van der Waals surface area contributed by atoms with Crippen molar-refractivity contribution in [3.8, 4) is 5.75 Å². The van der Waals surface area contributed by atoms with E-state index in [-0.39, 0.29) is 4.90 Å². The van der Waals surface area contributed by atoms with Crippen LogP contribution in [0.4, 0.5) is 22.0 Å². The molecule has 3 rings (SSSR count). The lowest BCUT2D eigenvalue weighted by Gasteiger charge is -2.27. The van der Waals surface area contributed by atoms with Crippen LogP contribution in [-0.4, -0.2) is 30.5 Å². The first kappa shape index (κ1) is 24.0. The number of alkyl halides is 5. The average molecular weight is 491 g/mol. The predicted molar refractivity (Wildman–Crippen MR) is 108 cm³/mol. The van der Waals surface area contributed by atoms with Gasteiger partial charge in [-0.1, -0.05) is 48.5 Å². The van der Waals surface area contributed by atoms with Crippen molar-refractivity contribution in [3.63, 3.8) is 0 Å². The molecule has 0 aliphatic heterocycles. The Balaban J connectivity index is 2.16. The molecule has 0 amide bonds. The van der Waals surface area contributed by atoms with Gasteiger partial charge in [0, 0.05) is 0 Å². The van der Waals surface area contributed by atoms with E-state index in [2.05, 4.69) is 4.74 Å². The summed E-state index contributed by atoms with van der Waals surface area (Å²) in [5.74, 6) is -0.589. The predicted octanol–water partition coefficient (Wildman–Crippen LogP) is 5.57. The average Bonchev–Trinajstić information content (AvgIpc) is 2.73. The number of ether oxygens (including phenoxy) is 1. The first-order valence-corrected chi connectivity index (χ1v) is 11.6. The highest BCUT2D eigenvalue weighted by Gasteiger charge is 2.65. The van der Waals surface area contributed by atoms with E-state index >= 15 is 0 Å². The fraction of sp³-hybridized carbons (Fsp3) is 0.143. The van der Waals surface area contributed by atoms with Crippen LogP contribution < -0.4 is 4.74 Å². The van der Waals surface area contributed by atoms with Crippen molar-refractivity contribution >= 4 is 21.0 Å². The van der Waals surface area contributed by atoms with Crippen LogP contribution in [0.1, 0.15) is 0 Å². The van der Waals surface area contributed by atoms with Crippen LogP contribution in [0.5, 0.6) is 5.75 Å². The minimum absolute atomic E-state index is 0.130. The second-order valence-corrected chi connectivity index (χ2v) is 9.94. The van der Waals surface area contributed by atoms with Gasteiger partial charge in [-0.2, -0.15) is 30.4 Å². The van der Waals surface area contributed by atoms with E-state index in [1.54, 1.807) is 60.7 Å². The molecular weight excluding hydrogens is 475 g/mol. The Bertz CT molecular complexity index is 1110. The van der Waals surface area contributed by atoms with Gasteiger partial charge in [-0.15, -0.1) is 0 Å². The summed E-state index contributed by atoms with van der Waals surface area (Å²) in [7, 11) is -7.48. The molecule has 1 unspecified atom stereocenters. The molecule has 0 heterocycles. The summed E-state index contributed by atoms with van der Waals surface area (Å²) in [4.78, 5) is 1.46. The standard InChI is InChI=1S/C21H15F5O4S2/c22-20(23,24)19(21(25,26)32(27,28)29)30-17-13-7-8-14-18(17)31(15-9-3-1-4-10-15)16-11-5-2-6-12-16/h1-14,19H/p+1. The van der Waals surface area contributed by atoms with Gasteiger partial charge in [0.05, 0.1) is 0 Å². The fourth-order valence-electron chi connectivity index (χ4n) is 2.81. The number of hydrogen-bond donors (Lipinski definition) is 1. The summed E-state index contributed by atoms with van der Waals surface area (Å²) in [6.07, 6.45) is -9.92. The SMILES string of the molecule is O=S(=O)(O)C(F)(F)C(Oc1ccccc1[S+](c1ccccc1)c1ccccc1)C(F)(F)F. The van der Waals surface area contributed by atoms with Gasteiger partial charge in [-0.05, 0) is 36.4 Å². The van der Waals surface area contributed by atoms with Crippen molar-refractivity contribution in [2.75, 3.05) is 0 Å². The fourth-order valence-corrected chi connectivity index (χ4v) is 5.43. The van der Waals surface area contributed by atoms with Gasteiger partial charge >= 0.3 is 21.5 Å². The molecule has 0 aromatic heterocycles. The van der Waals surface area contributed by atoms with E-state index in [0.29, 0.717) is 9.79 Å². The Morgan fingerprint density at radius 2 is 1.19 bits per heavy atom. The normalized spacial score (nSPS) is 13.7. The van der Waals surface area contributed by atoms with Crippen molar-refractivity contribution in [1.29, 1.82) is 0 Å². The molecule has 0 fully saturated rings. The van der Waals surface area contributed by atoms with Crippen LogP contribution in [-0.2, 0) is 21.0 Å². The highest BCUT2D eigenvalue weighted by molar-refractivity contribution is 7.97. The minimum atomic E-state index is -6.42. The second kappa shape index (κ2) is 9.08. The van der Waals surface area contributed by atoms with Gasteiger partial charge in [0.15, 0.2) is 15.5 Å². The molecule has 1 N–H and O–H groups in total. The molecule has 4 nitrogen and oxygen atoms in total. The maximum atomic E-state index is 14.1. The Kier molecular flexibility index (Phi) is 6.82. The molecule has 0 radical (unpaired) electrons. The highest BCUT2D eigenvalue weighted by atomic mass is 32.2. The minimum Gasteiger partial charge on any atom is -0.468 e. The zero-order chi connectivity index (χ0) is 23.6. The molecule has 0 saturated carbocycles. The molecule has 170 valence electrons. The van der Waals surface area contributed by atoms with E-state index in [9.17, 15) is 30.4 Å². The first-order chi connectivity index (χ1) is 14.9. The topological polar surface area (TPSA) is 63.6 Å². The molecule has 11 heteroatoms. The maximum absolute atomic E-state index is 14.1. The number of para-hydroxylation sites is 1. The zero-order valence-corrected chi connectivity index (χ0v) is 17.7. The van der Waals surface area contributed by atoms with Gasteiger partial charge in [-0.25, -0.2) is 0 Å². The molecule has 32 heavy (non-hydrogen) atoms. The van der Waals surface area contributed by atoms with Gasteiger partial charge in [0.2, 0.25) is 4.90 Å². The summed E-state index contributed by atoms with van der Waals surface area (Å²) in [6.45, 7) is 0. The third kappa shape index (κ3) is 5.05. The van der Waals surface area contributed by atoms with E-state index < -0.39 is 44.3 Å². The Morgan fingerprint density at radius 1 is 0.750 bits per heavy atom. The molecule has 0 aliphatic carbocycles. The third-order valence-corrected chi connectivity index (χ3v) is 7.38. The monoisotopic (exact) mass is 491 g/mol. The maximum Gasteiger partial charge on any atom is 0.432 e. The third-order valence-electron chi connectivity index (χ3n) is 4.22. The number of rotatable bonds is 7. The smallest absolute Gasteiger partial charge is 0.432 e. The molecule has 1 atom stereocenters. The van der Waals surface area contributed by atoms with Crippen molar-refractivity contribution in [3.05, 3.63) is 84.9 Å². The molecular formula is C21H16F5O4S2+. The quantitative estimate of drug-likeness (QED) is 0.267. The molecule has 3 aromatic carbocycles. The van der Waals surface area contributed by atoms with E-state index in [1.165, 1.54) is 18.2 Å². The number of hydrogen-bond acceptors (Lipinski definition) is 3. The summed E-state index contributed by atoms with van der Waals surface area (Å²) in [5.41, 5.74) is 0. The molecule has 0 spiro atoms. The van der Waals surface area contributed by atoms with Gasteiger partial charge in [0.25, 0.3) is 6.10 Å². The van der Waals surface area contributed by atoms with Gasteiger partial charge in [-0.3, -0.25) is 4.55 Å². The van der Waals surface area contributed by atoms with Crippen LogP contribution in [0.3, 0.4) is 0 Å². The highest BCUT2D eigenvalue weighted by Crippen LogP contribution is 2.42. The van der Waals surface area contributed by atoms with Gasteiger partial charge in [0.1, 0.15) is 10.9 Å². The van der Waals surface area contributed by atoms with Crippen LogP contribution in [0.2, 0.25) is 0 Å². The first-order valence-electron chi connectivity index (χ1n) is 8.94. The Hall–Kier alpha value is -2.63. The number of benzene rings is 3. The molecule has 0 aliphatic rings. The summed E-state index contributed by atoms with van der Waals surface area (Å²) in [6, 6.07) is 22.5. The van der Waals surface area contributed by atoms with Crippen molar-refractivity contribution in [1.82, 2.24) is 0 Å². The molecule has 0 saturated heterocycles. The van der Waals surface area contributed by atoms with Crippen molar-refractivity contribution in [2.45, 2.75) is 32.2 Å². The van der Waals surface area contributed by atoms with Crippen LogP contribution >= 0.6 is 0 Å². The van der Waals surface area contributed by atoms with E-state index in [4.69, 9.17) is 4.55 Å². The van der Waals surface area contributed by atoms with Crippen molar-refractivity contribution < 1.29 is 39.7 Å². The zero-order valence-electron chi connectivity index (χ0n) is 16.0. The van der Waals surface area contributed by atoms with Crippen LogP contribution in [0, 0.1) is 0 Å². The lowest BCUT2D eigenvalue weighted by Crippen LogP contribution is -2.53. The second-order valence-electron chi connectivity index (χ2n) is 6.46. The number of halogens is 5. The van der Waals surface area contributed by atoms with E-state index in [0.717, 1.165) is 6.07 Å². The van der Waals surface area contributed by atoms with E-state index in [1.807, 2.05) is 0 Å². The lowest BCUT2D eigenvalue weighted by molar-refractivity contribution is -0.239. The van der Waals surface area contributed by atoms with Crippen LogP contribution in [0.25, 0.3) is 0 Å². The van der Waals surface area contributed by atoms with Gasteiger partial charge < -0.3 is 4.74 Å². The Morgan fingerprint density at radius 3 is 1.62 bits per heavy atom. The largest absolute Gasteiger partial charge is 0.468 e. The lowest BCUT2D eigenvalue weighted by atomic mass is 10.3.